The van der Waals surface area contributed by atoms with Crippen LogP contribution in [0.5, 0.6) is 0 Å². The summed E-state index contributed by atoms with van der Waals surface area (Å²) < 4.78 is 0. The molecule has 0 fully saturated rings. The largest absolute Gasteiger partial charge is 0.316 e. The molecule has 0 amide bonds. The van der Waals surface area contributed by atoms with Crippen molar-refractivity contribution < 1.29 is 6.63 Å². The second-order valence-corrected chi connectivity index (χ2v) is 4.98. The highest BCUT2D eigenvalue weighted by molar-refractivity contribution is 5.31. The molecule has 2 heteroatoms. The van der Waals surface area contributed by atoms with Gasteiger partial charge in [0.1, 0.15) is 0 Å². The molecule has 1 unspecified atom stereocenters. The Morgan fingerprint density at radius 3 is 2.50 bits per heavy atom. The highest BCUT2D eigenvalue weighted by Crippen LogP contribution is 2.28. The predicted octanol–water partition coefficient (Wildman–Crippen LogP) is 4.88. The average molecular weight is 251 g/mol. The molecule has 0 bridgehead atoms. The van der Waals surface area contributed by atoms with E-state index in [1.807, 2.05) is 6.07 Å². The number of rotatable bonds is 4. The number of hydrogen-bond acceptors (Lipinski definition) is 2. The molecule has 18 heavy (non-hydrogen) atoms. The molecule has 2 rings (SSSR count). The quantitative estimate of drug-likeness (QED) is 0.590. The lowest BCUT2D eigenvalue weighted by Crippen LogP contribution is -2.21. The van der Waals surface area contributed by atoms with Crippen LogP contribution in [0.3, 0.4) is 0 Å². The Labute approximate surface area is 113 Å². The van der Waals surface area contributed by atoms with Crippen molar-refractivity contribution in [2.45, 2.75) is 64.8 Å². The maximum Gasteiger partial charge on any atom is 0.0571 e. The van der Waals surface area contributed by atoms with E-state index in [0.29, 0.717) is 0 Å². The topological polar surface area (TPSA) is 32.3 Å². The van der Waals surface area contributed by atoms with Gasteiger partial charge in [0.15, 0.2) is 0 Å². The average Bonchev–Trinajstić information content (AvgIpc) is 2.45. The van der Waals surface area contributed by atoms with Crippen LogP contribution in [0.4, 0.5) is 0 Å². The molecule has 1 aromatic rings. The molecular formula is C16H29NO. The molecule has 0 aliphatic heterocycles. The summed E-state index contributed by atoms with van der Waals surface area (Å²) in [6.45, 7) is 4.46. The van der Waals surface area contributed by atoms with Gasteiger partial charge in [-0.25, -0.2) is 0 Å². The maximum absolute atomic E-state index is 8.89. The lowest BCUT2D eigenvalue weighted by atomic mass is 9.88. The summed E-state index contributed by atoms with van der Waals surface area (Å²) in [5, 5.41) is 8.89. The van der Waals surface area contributed by atoms with Gasteiger partial charge in [-0.3, -0.25) is 0 Å². The van der Waals surface area contributed by atoms with Crippen molar-refractivity contribution in [1.82, 2.24) is 5.48 Å². The van der Waals surface area contributed by atoms with E-state index in [4.69, 9.17) is 5.21 Å². The minimum Gasteiger partial charge on any atom is -0.316 e. The lowest BCUT2D eigenvalue weighted by molar-refractivity contribution is 0.117. The van der Waals surface area contributed by atoms with Gasteiger partial charge in [-0.1, -0.05) is 63.8 Å². The van der Waals surface area contributed by atoms with Gasteiger partial charge in [0.2, 0.25) is 0 Å². The van der Waals surface area contributed by atoms with E-state index in [1.165, 1.54) is 36.8 Å². The number of nitrogens with one attached hydrogen (secondary N) is 1. The highest BCUT2D eigenvalue weighted by Gasteiger charge is 2.17. The number of aryl methyl sites for hydroxylation is 1. The van der Waals surface area contributed by atoms with Crippen LogP contribution in [0.2, 0.25) is 0 Å². The molecule has 0 radical (unpaired) electrons. The van der Waals surface area contributed by atoms with E-state index in [0.717, 1.165) is 19.3 Å². The smallest absolute Gasteiger partial charge is 0.0571 e. The van der Waals surface area contributed by atoms with Gasteiger partial charge in [0.25, 0.3) is 0 Å². The summed E-state index contributed by atoms with van der Waals surface area (Å²) >= 11 is 0. The number of benzene rings is 1. The molecule has 0 saturated heterocycles. The van der Waals surface area contributed by atoms with E-state index >= 15 is 0 Å². The third-order valence-electron chi connectivity index (χ3n) is 3.48. The van der Waals surface area contributed by atoms with Crippen LogP contribution < -0.4 is 5.48 Å². The van der Waals surface area contributed by atoms with Crippen LogP contribution in [0.1, 0.15) is 71.0 Å². The highest BCUT2D eigenvalue weighted by atomic mass is 16.5. The number of hydrogen-bond donors (Lipinski definition) is 2. The van der Waals surface area contributed by atoms with Crippen molar-refractivity contribution in [2.24, 2.45) is 0 Å². The molecule has 1 aromatic carbocycles. The summed E-state index contributed by atoms with van der Waals surface area (Å²) in [6, 6.07) is 8.45. The summed E-state index contributed by atoms with van der Waals surface area (Å²) in [5.41, 5.74) is 4.99. The van der Waals surface area contributed by atoms with Crippen LogP contribution in [-0.4, -0.2) is 5.21 Å². The normalized spacial score (nSPS) is 17.6. The van der Waals surface area contributed by atoms with Crippen LogP contribution in [0, 0.1) is 0 Å². The Hall–Kier alpha value is -0.860. The minimum atomic E-state index is 0. The molecule has 0 aromatic heterocycles. The monoisotopic (exact) mass is 251 g/mol. The second-order valence-electron chi connectivity index (χ2n) is 4.98. The molecular weight excluding hydrogens is 222 g/mol. The van der Waals surface area contributed by atoms with Crippen LogP contribution >= 0.6 is 0 Å². The van der Waals surface area contributed by atoms with Crippen molar-refractivity contribution in [3.63, 3.8) is 0 Å². The fourth-order valence-electron chi connectivity index (χ4n) is 2.39. The zero-order valence-electron chi connectivity index (χ0n) is 11.8. The van der Waals surface area contributed by atoms with E-state index in [9.17, 15) is 0 Å². The Balaban J connectivity index is 0.000000404. The van der Waals surface area contributed by atoms with Crippen molar-refractivity contribution in [2.75, 3.05) is 0 Å². The number of fused-ring (bicyclic) bond motifs is 1. The van der Waals surface area contributed by atoms with Gasteiger partial charge in [-0.05, 0) is 30.4 Å². The molecule has 0 saturated carbocycles. The fourth-order valence-corrected chi connectivity index (χ4v) is 2.39. The van der Waals surface area contributed by atoms with Gasteiger partial charge in [-0.2, -0.15) is 5.48 Å². The first-order valence-corrected chi connectivity index (χ1v) is 7.30. The first-order valence-electron chi connectivity index (χ1n) is 7.30. The molecule has 1 aliphatic carbocycles. The standard InChI is InChI=1S/C10H13NO.C6H14.H2/c12-11-10-7-3-5-8-4-1-2-6-9(8)10;1-3-5-6-4-2;/h1-2,4,6,10-12H,3,5,7H2;3-6H2,1-2H3;1H. The van der Waals surface area contributed by atoms with E-state index < -0.39 is 0 Å². The third-order valence-corrected chi connectivity index (χ3v) is 3.48. The van der Waals surface area contributed by atoms with E-state index in [2.05, 4.69) is 37.5 Å². The number of unbranched alkanes of at least 4 members (excludes halogenated alkanes) is 3. The molecule has 1 atom stereocenters. The SMILES string of the molecule is CCCCCC.ONC1CCCc2ccccc21.[HH]. The second kappa shape index (κ2) is 9.12. The summed E-state index contributed by atoms with van der Waals surface area (Å²) in [6.07, 6.45) is 8.88. The fraction of sp³-hybridized carbons (Fsp3) is 0.625. The van der Waals surface area contributed by atoms with E-state index in [-0.39, 0.29) is 7.47 Å². The summed E-state index contributed by atoms with van der Waals surface area (Å²) in [5.74, 6) is 0. The maximum atomic E-state index is 8.89. The van der Waals surface area contributed by atoms with Crippen molar-refractivity contribution in [3.8, 4) is 0 Å². The Kier molecular flexibility index (Phi) is 7.70. The van der Waals surface area contributed by atoms with Gasteiger partial charge >= 0.3 is 0 Å². The van der Waals surface area contributed by atoms with Gasteiger partial charge in [-0.15, -0.1) is 0 Å². The van der Waals surface area contributed by atoms with E-state index in [1.54, 1.807) is 0 Å². The predicted molar refractivity (Wildman–Crippen MR) is 79.0 cm³/mol. The third kappa shape index (κ3) is 4.79. The van der Waals surface area contributed by atoms with Crippen molar-refractivity contribution >= 4 is 0 Å². The van der Waals surface area contributed by atoms with Gasteiger partial charge in [0, 0.05) is 1.43 Å². The molecule has 2 nitrogen and oxygen atoms in total. The molecule has 2 N–H and O–H groups in total. The number of hydroxylamine groups is 1. The molecule has 0 heterocycles. The lowest BCUT2D eigenvalue weighted by Gasteiger charge is -2.23. The first-order chi connectivity index (χ1) is 8.83. The van der Waals surface area contributed by atoms with Crippen LogP contribution in [0.15, 0.2) is 24.3 Å². The summed E-state index contributed by atoms with van der Waals surface area (Å²) in [4.78, 5) is 0. The Morgan fingerprint density at radius 2 is 1.89 bits per heavy atom. The van der Waals surface area contributed by atoms with Crippen molar-refractivity contribution in [1.29, 1.82) is 0 Å². The van der Waals surface area contributed by atoms with Crippen LogP contribution in [0.25, 0.3) is 0 Å². The van der Waals surface area contributed by atoms with Crippen molar-refractivity contribution in [3.05, 3.63) is 35.4 Å². The molecule has 1 aliphatic rings. The first kappa shape index (κ1) is 15.2. The van der Waals surface area contributed by atoms with Crippen LogP contribution in [-0.2, 0) is 6.42 Å². The Bertz CT molecular complexity index is 326. The zero-order chi connectivity index (χ0) is 13.2. The van der Waals surface area contributed by atoms with Gasteiger partial charge < -0.3 is 5.21 Å². The zero-order valence-corrected chi connectivity index (χ0v) is 11.8. The molecule has 104 valence electrons. The Morgan fingerprint density at radius 1 is 1.22 bits per heavy atom. The van der Waals surface area contributed by atoms with Gasteiger partial charge in [0.05, 0.1) is 6.04 Å². The molecule has 0 spiro atoms. The minimum absolute atomic E-state index is 0. The summed E-state index contributed by atoms with van der Waals surface area (Å²) in [7, 11) is 0.